The number of piperidine rings is 1. The molecule has 1 heterocycles. The third kappa shape index (κ3) is 3.56. The number of hydrogen-bond acceptors (Lipinski definition) is 2. The van der Waals surface area contributed by atoms with Crippen molar-refractivity contribution < 1.29 is 9.59 Å². The maximum absolute atomic E-state index is 12.7. The fourth-order valence-corrected chi connectivity index (χ4v) is 3.25. The number of benzene rings is 2. The van der Waals surface area contributed by atoms with Crippen LogP contribution in [0.25, 0.3) is 0 Å². The number of nitrogens with one attached hydrogen (secondary N) is 1. The van der Waals surface area contributed by atoms with Gasteiger partial charge in [0.15, 0.2) is 0 Å². The molecule has 0 saturated carbocycles. The van der Waals surface area contributed by atoms with Gasteiger partial charge in [-0.1, -0.05) is 48.5 Å². The molecule has 5 heteroatoms. The predicted molar refractivity (Wildman–Crippen MR) is 93.6 cm³/mol. The van der Waals surface area contributed by atoms with Crippen LogP contribution < -0.4 is 11.1 Å². The zero-order valence-corrected chi connectivity index (χ0v) is 13.4. The van der Waals surface area contributed by atoms with E-state index in [9.17, 15) is 9.59 Å². The van der Waals surface area contributed by atoms with E-state index in [1.807, 2.05) is 48.5 Å². The maximum atomic E-state index is 12.7. The van der Waals surface area contributed by atoms with Crippen LogP contribution in [-0.4, -0.2) is 29.4 Å². The van der Waals surface area contributed by atoms with Crippen molar-refractivity contribution >= 4 is 17.6 Å². The number of nitrogens with zero attached hydrogens (tertiary/aromatic N) is 1. The SMILES string of the molecule is NC(=O)N1CCC(c2ccccc2)CC1C(=O)Nc1ccccc1. The normalized spacial score (nSPS) is 20.4. The second kappa shape index (κ2) is 7.17. The van der Waals surface area contributed by atoms with Crippen molar-refractivity contribution in [1.82, 2.24) is 4.90 Å². The largest absolute Gasteiger partial charge is 0.351 e. The number of anilines is 1. The summed E-state index contributed by atoms with van der Waals surface area (Å²) in [5.41, 5.74) is 7.39. The molecule has 1 aliphatic rings. The average Bonchev–Trinajstić information content (AvgIpc) is 2.62. The van der Waals surface area contributed by atoms with Crippen LogP contribution in [0.1, 0.15) is 24.3 Å². The van der Waals surface area contributed by atoms with E-state index >= 15 is 0 Å². The third-order valence-electron chi connectivity index (χ3n) is 4.50. The van der Waals surface area contributed by atoms with Crippen molar-refractivity contribution in [2.75, 3.05) is 11.9 Å². The van der Waals surface area contributed by atoms with Crippen LogP contribution in [-0.2, 0) is 4.79 Å². The fourth-order valence-electron chi connectivity index (χ4n) is 3.25. The highest BCUT2D eigenvalue weighted by molar-refractivity contribution is 5.97. The first kappa shape index (κ1) is 16.1. The van der Waals surface area contributed by atoms with Crippen molar-refractivity contribution in [1.29, 1.82) is 0 Å². The smallest absolute Gasteiger partial charge is 0.315 e. The van der Waals surface area contributed by atoms with Crippen LogP contribution in [0.4, 0.5) is 10.5 Å². The maximum Gasteiger partial charge on any atom is 0.315 e. The number of carbonyl (C=O) groups excluding carboxylic acids is 2. The summed E-state index contributed by atoms with van der Waals surface area (Å²) in [6, 6.07) is 18.2. The molecular weight excluding hydrogens is 302 g/mol. The first-order valence-corrected chi connectivity index (χ1v) is 8.12. The zero-order valence-electron chi connectivity index (χ0n) is 13.4. The van der Waals surface area contributed by atoms with Gasteiger partial charge >= 0.3 is 6.03 Å². The van der Waals surface area contributed by atoms with E-state index in [-0.39, 0.29) is 11.8 Å². The van der Waals surface area contributed by atoms with Gasteiger partial charge in [0.25, 0.3) is 0 Å². The summed E-state index contributed by atoms with van der Waals surface area (Å²) in [7, 11) is 0. The minimum absolute atomic E-state index is 0.194. The Labute approximate surface area is 141 Å². The summed E-state index contributed by atoms with van der Waals surface area (Å²) < 4.78 is 0. The van der Waals surface area contributed by atoms with E-state index in [1.54, 1.807) is 0 Å². The van der Waals surface area contributed by atoms with E-state index in [4.69, 9.17) is 5.73 Å². The molecular formula is C19H21N3O2. The van der Waals surface area contributed by atoms with Gasteiger partial charge in [0.1, 0.15) is 6.04 Å². The number of hydrogen-bond donors (Lipinski definition) is 2. The molecule has 1 saturated heterocycles. The highest BCUT2D eigenvalue weighted by Gasteiger charge is 2.35. The fraction of sp³-hybridized carbons (Fsp3) is 0.263. The zero-order chi connectivity index (χ0) is 16.9. The van der Waals surface area contributed by atoms with E-state index < -0.39 is 12.1 Å². The second-order valence-corrected chi connectivity index (χ2v) is 6.03. The highest BCUT2D eigenvalue weighted by atomic mass is 16.2. The van der Waals surface area contributed by atoms with Gasteiger partial charge in [0, 0.05) is 12.2 Å². The Bertz CT molecular complexity index is 703. The Balaban J connectivity index is 1.78. The molecule has 0 spiro atoms. The standard InChI is InChI=1S/C19H21N3O2/c20-19(24)22-12-11-15(14-7-3-1-4-8-14)13-17(22)18(23)21-16-9-5-2-6-10-16/h1-10,15,17H,11-13H2,(H2,20,24)(H,21,23). The Hall–Kier alpha value is -2.82. The van der Waals surface area contributed by atoms with Gasteiger partial charge in [-0.15, -0.1) is 0 Å². The van der Waals surface area contributed by atoms with E-state index in [1.165, 1.54) is 10.5 Å². The molecule has 2 atom stereocenters. The number of primary amides is 1. The van der Waals surface area contributed by atoms with Crippen molar-refractivity contribution in [2.45, 2.75) is 24.8 Å². The molecule has 0 aliphatic carbocycles. The Morgan fingerprint density at radius 1 is 1.00 bits per heavy atom. The minimum atomic E-state index is -0.554. The molecule has 5 nitrogen and oxygen atoms in total. The topological polar surface area (TPSA) is 75.4 Å². The molecule has 2 aromatic rings. The van der Waals surface area contributed by atoms with Crippen LogP contribution in [0.5, 0.6) is 0 Å². The molecule has 3 rings (SSSR count). The first-order valence-electron chi connectivity index (χ1n) is 8.12. The number of para-hydroxylation sites is 1. The van der Waals surface area contributed by atoms with Crippen molar-refractivity contribution in [3.05, 3.63) is 66.2 Å². The molecule has 24 heavy (non-hydrogen) atoms. The molecule has 3 amide bonds. The molecule has 2 unspecified atom stereocenters. The van der Waals surface area contributed by atoms with Crippen LogP contribution in [0.3, 0.4) is 0 Å². The number of carbonyl (C=O) groups is 2. The lowest BCUT2D eigenvalue weighted by Crippen LogP contribution is -2.53. The number of urea groups is 1. The summed E-state index contributed by atoms with van der Waals surface area (Å²) >= 11 is 0. The molecule has 2 aromatic carbocycles. The lowest BCUT2D eigenvalue weighted by atomic mass is 9.85. The molecule has 0 aromatic heterocycles. The van der Waals surface area contributed by atoms with Crippen LogP contribution in [0.2, 0.25) is 0 Å². The molecule has 0 bridgehead atoms. The molecule has 1 aliphatic heterocycles. The molecule has 124 valence electrons. The number of nitrogens with two attached hydrogens (primary N) is 1. The number of amides is 3. The summed E-state index contributed by atoms with van der Waals surface area (Å²) in [6.45, 7) is 0.488. The lowest BCUT2D eigenvalue weighted by Gasteiger charge is -2.37. The lowest BCUT2D eigenvalue weighted by molar-refractivity contribution is -0.121. The van der Waals surface area contributed by atoms with Gasteiger partial charge in [-0.05, 0) is 36.5 Å². The number of rotatable bonds is 3. The Morgan fingerprint density at radius 3 is 2.25 bits per heavy atom. The third-order valence-corrected chi connectivity index (χ3v) is 4.50. The van der Waals surface area contributed by atoms with E-state index in [0.29, 0.717) is 18.7 Å². The van der Waals surface area contributed by atoms with E-state index in [0.717, 1.165) is 6.42 Å². The Morgan fingerprint density at radius 2 is 1.62 bits per heavy atom. The number of likely N-dealkylation sites (tertiary alicyclic amines) is 1. The van der Waals surface area contributed by atoms with Crippen LogP contribution >= 0.6 is 0 Å². The van der Waals surface area contributed by atoms with Gasteiger partial charge in [0.05, 0.1) is 0 Å². The summed E-state index contributed by atoms with van der Waals surface area (Å²) in [5, 5.41) is 2.88. The molecule has 3 N–H and O–H groups in total. The van der Waals surface area contributed by atoms with Gasteiger partial charge in [-0.25, -0.2) is 4.79 Å². The van der Waals surface area contributed by atoms with Gasteiger partial charge in [0.2, 0.25) is 5.91 Å². The van der Waals surface area contributed by atoms with Crippen molar-refractivity contribution in [2.24, 2.45) is 5.73 Å². The summed E-state index contributed by atoms with van der Waals surface area (Å²) in [6.07, 6.45) is 1.38. The van der Waals surface area contributed by atoms with Crippen molar-refractivity contribution in [3.8, 4) is 0 Å². The average molecular weight is 323 g/mol. The van der Waals surface area contributed by atoms with Crippen molar-refractivity contribution in [3.63, 3.8) is 0 Å². The quantitative estimate of drug-likeness (QED) is 0.911. The molecule has 0 radical (unpaired) electrons. The minimum Gasteiger partial charge on any atom is -0.351 e. The second-order valence-electron chi connectivity index (χ2n) is 6.03. The van der Waals surface area contributed by atoms with Crippen LogP contribution in [0.15, 0.2) is 60.7 Å². The van der Waals surface area contributed by atoms with Gasteiger partial charge < -0.3 is 16.0 Å². The van der Waals surface area contributed by atoms with Gasteiger partial charge in [-0.2, -0.15) is 0 Å². The summed E-state index contributed by atoms with van der Waals surface area (Å²) in [4.78, 5) is 25.9. The first-order chi connectivity index (χ1) is 11.6. The van der Waals surface area contributed by atoms with Crippen LogP contribution in [0, 0.1) is 0 Å². The molecule has 1 fully saturated rings. The summed E-state index contributed by atoms with van der Waals surface area (Å²) in [5.74, 6) is 0.0500. The van der Waals surface area contributed by atoms with E-state index in [2.05, 4.69) is 17.4 Å². The van der Waals surface area contributed by atoms with Gasteiger partial charge in [-0.3, -0.25) is 4.79 Å². The predicted octanol–water partition coefficient (Wildman–Crippen LogP) is 2.95. The monoisotopic (exact) mass is 323 g/mol. The Kier molecular flexibility index (Phi) is 4.79. The highest BCUT2D eigenvalue weighted by Crippen LogP contribution is 2.32.